The van der Waals surface area contributed by atoms with Crippen LogP contribution >= 0.6 is 0 Å². The lowest BCUT2D eigenvalue weighted by atomic mass is 9.70. The summed E-state index contributed by atoms with van der Waals surface area (Å²) in [4.78, 5) is 27.4. The van der Waals surface area contributed by atoms with Crippen LogP contribution in [0.1, 0.15) is 102 Å². The minimum atomic E-state index is -0.528. The van der Waals surface area contributed by atoms with Crippen molar-refractivity contribution in [1.29, 1.82) is 0 Å². The Kier molecular flexibility index (Phi) is 5.89. The molecule has 2 unspecified atom stereocenters. The van der Waals surface area contributed by atoms with Gasteiger partial charge in [0.15, 0.2) is 0 Å². The van der Waals surface area contributed by atoms with Gasteiger partial charge in [-0.1, -0.05) is 83.1 Å². The Hall–Kier alpha value is -1.32. The van der Waals surface area contributed by atoms with Gasteiger partial charge in [-0.05, 0) is 25.2 Å². The Morgan fingerprint density at radius 1 is 0.828 bits per heavy atom. The first-order chi connectivity index (χ1) is 12.8. The number of carbonyl (C=O) groups excluding carboxylic acids is 1. The fraction of sp³-hybridized carbons (Fsp3) is 0.840. The highest BCUT2D eigenvalue weighted by Crippen LogP contribution is 2.60. The van der Waals surface area contributed by atoms with Crippen molar-refractivity contribution >= 4 is 23.3 Å². The van der Waals surface area contributed by atoms with Gasteiger partial charge in [0.25, 0.3) is 5.91 Å². The number of aliphatic imine (C=N–C) groups is 3. The average molecular weight is 402 g/mol. The van der Waals surface area contributed by atoms with E-state index < -0.39 is 5.41 Å². The van der Waals surface area contributed by atoms with Crippen LogP contribution < -0.4 is 0 Å². The van der Waals surface area contributed by atoms with Crippen LogP contribution in [0.3, 0.4) is 0 Å². The minimum Gasteiger partial charge on any atom is -0.272 e. The third-order valence-electron chi connectivity index (χ3n) is 6.56. The number of amides is 1. The van der Waals surface area contributed by atoms with Crippen molar-refractivity contribution in [2.45, 2.75) is 102 Å². The second-order valence-electron chi connectivity index (χ2n) is 13.1. The average Bonchev–Trinajstić information content (AvgIpc) is 2.96. The molecule has 0 spiro atoms. The summed E-state index contributed by atoms with van der Waals surface area (Å²) in [5, 5.41) is 0. The number of carbonyl (C=O) groups is 1. The van der Waals surface area contributed by atoms with Gasteiger partial charge in [0.1, 0.15) is 11.7 Å². The van der Waals surface area contributed by atoms with Crippen LogP contribution in [-0.2, 0) is 4.79 Å². The van der Waals surface area contributed by atoms with Crippen molar-refractivity contribution in [2.75, 3.05) is 0 Å². The van der Waals surface area contributed by atoms with Crippen LogP contribution in [-0.4, -0.2) is 23.3 Å². The zero-order valence-electron chi connectivity index (χ0n) is 20.9. The third kappa shape index (κ3) is 4.88. The normalized spacial score (nSPS) is 29.7. The van der Waals surface area contributed by atoms with E-state index in [-0.39, 0.29) is 27.6 Å². The zero-order chi connectivity index (χ0) is 22.6. The summed E-state index contributed by atoms with van der Waals surface area (Å²) in [6.45, 7) is 25.3. The van der Waals surface area contributed by atoms with E-state index in [1.165, 1.54) is 25.0 Å². The van der Waals surface area contributed by atoms with Crippen molar-refractivity contribution in [2.24, 2.45) is 48.0 Å². The molecule has 4 nitrogen and oxygen atoms in total. The maximum Gasteiger partial charge on any atom is 0.252 e. The van der Waals surface area contributed by atoms with Crippen molar-refractivity contribution in [3.05, 3.63) is 0 Å². The molecule has 2 bridgehead atoms. The molecule has 0 heterocycles. The Labute approximate surface area is 178 Å². The molecule has 0 N–H and O–H groups in total. The highest BCUT2D eigenvalue weighted by molar-refractivity contribution is 6.11. The Morgan fingerprint density at radius 3 is 1.72 bits per heavy atom. The number of hydrogen-bond acceptors (Lipinski definition) is 1. The Balaban J connectivity index is 2.64. The molecular weight excluding hydrogens is 358 g/mol. The predicted octanol–water partition coefficient (Wildman–Crippen LogP) is 6.74. The number of nitrogens with zero attached hydrogens (tertiary/aromatic N) is 3. The lowest BCUT2D eigenvalue weighted by Crippen LogP contribution is -2.38. The standard InChI is InChI=1S/C25H43N3O/c1-21(2,3)18(26-17-24(10,11)16-13-14-25(17,12)15-16)27-19(22(4,5)6)28-20(29)23(7,8)9/h16H,13-15H2,1-12H3. The predicted molar refractivity (Wildman–Crippen MR) is 125 cm³/mol. The lowest BCUT2D eigenvalue weighted by Gasteiger charge is -2.36. The molecular formula is C25H43N3O. The summed E-state index contributed by atoms with van der Waals surface area (Å²) in [6, 6.07) is 0. The number of hydrogen-bond donors (Lipinski definition) is 0. The lowest BCUT2D eigenvalue weighted by molar-refractivity contribution is -0.124. The smallest absolute Gasteiger partial charge is 0.252 e. The van der Waals surface area contributed by atoms with Crippen LogP contribution in [0.4, 0.5) is 0 Å². The monoisotopic (exact) mass is 401 g/mol. The maximum atomic E-state index is 12.7. The van der Waals surface area contributed by atoms with E-state index in [0.717, 1.165) is 5.84 Å². The number of fused-ring (bicyclic) bond motifs is 2. The van der Waals surface area contributed by atoms with Crippen LogP contribution in [0.5, 0.6) is 0 Å². The summed E-state index contributed by atoms with van der Waals surface area (Å²) < 4.78 is 0. The second kappa shape index (κ2) is 7.13. The third-order valence-corrected chi connectivity index (χ3v) is 6.56. The van der Waals surface area contributed by atoms with E-state index in [1.54, 1.807) is 0 Å². The van der Waals surface area contributed by atoms with E-state index >= 15 is 0 Å². The molecule has 0 saturated heterocycles. The van der Waals surface area contributed by atoms with Crippen molar-refractivity contribution in [1.82, 2.24) is 0 Å². The summed E-state index contributed by atoms with van der Waals surface area (Å²) in [6.07, 6.45) is 3.72. The molecule has 0 radical (unpaired) electrons. The van der Waals surface area contributed by atoms with Gasteiger partial charge < -0.3 is 0 Å². The van der Waals surface area contributed by atoms with Gasteiger partial charge in [-0.25, -0.2) is 9.98 Å². The van der Waals surface area contributed by atoms with E-state index in [4.69, 9.17) is 9.98 Å². The zero-order valence-corrected chi connectivity index (χ0v) is 20.9. The first-order valence-corrected chi connectivity index (χ1v) is 11.1. The first kappa shape index (κ1) is 24.0. The van der Waals surface area contributed by atoms with Crippen molar-refractivity contribution < 1.29 is 4.79 Å². The summed E-state index contributed by atoms with van der Waals surface area (Å²) >= 11 is 0. The second-order valence-corrected chi connectivity index (χ2v) is 13.1. The molecule has 2 fully saturated rings. The fourth-order valence-corrected chi connectivity index (χ4v) is 4.51. The molecule has 2 rings (SSSR count). The van der Waals surface area contributed by atoms with Crippen LogP contribution in [0.2, 0.25) is 0 Å². The SMILES string of the molecule is CC(C)(C)C(=O)N=C(N=C(N=C1C2(C)CCC(C2)C1(C)C)C(C)(C)C)C(C)(C)C. The molecule has 2 atom stereocenters. The van der Waals surface area contributed by atoms with Crippen LogP contribution in [0.25, 0.3) is 0 Å². The summed E-state index contributed by atoms with van der Waals surface area (Å²) in [5.41, 5.74) is 0.439. The van der Waals surface area contributed by atoms with Crippen molar-refractivity contribution in [3.63, 3.8) is 0 Å². The molecule has 0 aromatic rings. The number of rotatable bonds is 0. The fourth-order valence-electron chi connectivity index (χ4n) is 4.51. The van der Waals surface area contributed by atoms with E-state index in [0.29, 0.717) is 11.8 Å². The first-order valence-electron chi connectivity index (χ1n) is 11.1. The molecule has 2 saturated carbocycles. The van der Waals surface area contributed by atoms with Gasteiger partial charge in [-0.3, -0.25) is 4.79 Å². The maximum absolute atomic E-state index is 12.7. The molecule has 0 aliphatic heterocycles. The minimum absolute atomic E-state index is 0.0965. The molecule has 29 heavy (non-hydrogen) atoms. The summed E-state index contributed by atoms with van der Waals surface area (Å²) in [7, 11) is 0. The quantitative estimate of drug-likeness (QED) is 0.328. The van der Waals surface area contributed by atoms with Gasteiger partial charge in [0, 0.05) is 32.8 Å². The molecule has 2 aliphatic carbocycles. The molecule has 0 aromatic heterocycles. The molecule has 4 heteroatoms. The van der Waals surface area contributed by atoms with E-state index in [9.17, 15) is 4.79 Å². The largest absolute Gasteiger partial charge is 0.272 e. The van der Waals surface area contributed by atoms with E-state index in [1.807, 2.05) is 20.8 Å². The van der Waals surface area contributed by atoms with Gasteiger partial charge in [0.05, 0.1) is 0 Å². The van der Waals surface area contributed by atoms with Crippen molar-refractivity contribution in [3.8, 4) is 0 Å². The Morgan fingerprint density at radius 2 is 1.34 bits per heavy atom. The van der Waals surface area contributed by atoms with Crippen LogP contribution in [0, 0.1) is 33.0 Å². The molecule has 164 valence electrons. The Bertz CT molecular complexity index is 757. The van der Waals surface area contributed by atoms with Gasteiger partial charge >= 0.3 is 0 Å². The van der Waals surface area contributed by atoms with Gasteiger partial charge in [0.2, 0.25) is 0 Å². The van der Waals surface area contributed by atoms with Gasteiger partial charge in [-0.2, -0.15) is 4.99 Å². The summed E-state index contributed by atoms with van der Waals surface area (Å²) in [5.74, 6) is 1.91. The molecule has 0 aromatic carbocycles. The highest BCUT2D eigenvalue weighted by Gasteiger charge is 2.57. The molecule has 2 aliphatic rings. The van der Waals surface area contributed by atoms with Gasteiger partial charge in [-0.15, -0.1) is 0 Å². The number of amidine groups is 2. The topological polar surface area (TPSA) is 54.1 Å². The van der Waals surface area contributed by atoms with Crippen LogP contribution in [0.15, 0.2) is 15.0 Å². The molecule has 1 amide bonds. The van der Waals surface area contributed by atoms with E-state index in [2.05, 4.69) is 67.3 Å². The highest BCUT2D eigenvalue weighted by atomic mass is 16.1.